The summed E-state index contributed by atoms with van der Waals surface area (Å²) in [7, 11) is 0. The molecule has 2 saturated heterocycles. The van der Waals surface area contributed by atoms with Crippen LogP contribution in [0.5, 0.6) is 0 Å². The highest BCUT2D eigenvalue weighted by Gasteiger charge is 2.30. The third-order valence-corrected chi connectivity index (χ3v) is 5.03. The van der Waals surface area contributed by atoms with Crippen molar-refractivity contribution in [1.29, 1.82) is 0 Å². The lowest BCUT2D eigenvalue weighted by Crippen LogP contribution is -2.45. The third-order valence-electron chi connectivity index (χ3n) is 5.03. The van der Waals surface area contributed by atoms with Gasteiger partial charge in [0.2, 0.25) is 5.91 Å². The van der Waals surface area contributed by atoms with Gasteiger partial charge in [0.15, 0.2) is 0 Å². The van der Waals surface area contributed by atoms with E-state index >= 15 is 0 Å². The van der Waals surface area contributed by atoms with Crippen LogP contribution >= 0.6 is 0 Å². The summed E-state index contributed by atoms with van der Waals surface area (Å²) in [6.07, 6.45) is 8.20. The fraction of sp³-hybridized carbons (Fsp3) is 0.667. The second-order valence-electron chi connectivity index (χ2n) is 6.94. The zero-order valence-corrected chi connectivity index (χ0v) is 13.6. The Hall–Kier alpha value is -1.42. The normalized spacial score (nSPS) is 24.4. The van der Waals surface area contributed by atoms with Crippen LogP contribution in [0.15, 0.2) is 24.5 Å². The van der Waals surface area contributed by atoms with Crippen molar-refractivity contribution < 1.29 is 4.79 Å². The maximum Gasteiger partial charge on any atom is 0.225 e. The van der Waals surface area contributed by atoms with Crippen LogP contribution in [-0.4, -0.2) is 46.9 Å². The van der Waals surface area contributed by atoms with Crippen LogP contribution in [0.1, 0.15) is 38.2 Å². The van der Waals surface area contributed by atoms with Gasteiger partial charge in [-0.3, -0.25) is 14.7 Å². The van der Waals surface area contributed by atoms with Gasteiger partial charge in [0.05, 0.1) is 0 Å². The lowest BCUT2D eigenvalue weighted by molar-refractivity contribution is -0.138. The van der Waals surface area contributed by atoms with Crippen LogP contribution in [0.4, 0.5) is 0 Å². The molecule has 120 valence electrons. The lowest BCUT2D eigenvalue weighted by Gasteiger charge is -2.37. The number of carbonyl (C=O) groups excluding carboxylic acids is 1. The quantitative estimate of drug-likeness (QED) is 0.861. The summed E-state index contributed by atoms with van der Waals surface area (Å²) < 4.78 is 0. The largest absolute Gasteiger partial charge is 0.342 e. The molecule has 4 nitrogen and oxygen atoms in total. The lowest BCUT2D eigenvalue weighted by atomic mass is 9.92. The number of rotatable bonds is 3. The van der Waals surface area contributed by atoms with E-state index in [9.17, 15) is 4.79 Å². The molecule has 0 unspecified atom stereocenters. The first-order valence-electron chi connectivity index (χ1n) is 8.62. The molecule has 2 aliphatic rings. The smallest absolute Gasteiger partial charge is 0.225 e. The average molecular weight is 301 g/mol. The molecular weight excluding hydrogens is 274 g/mol. The number of piperidine rings is 2. The van der Waals surface area contributed by atoms with E-state index in [0.717, 1.165) is 45.6 Å². The van der Waals surface area contributed by atoms with Crippen LogP contribution in [-0.2, 0) is 11.3 Å². The van der Waals surface area contributed by atoms with Gasteiger partial charge in [0.25, 0.3) is 0 Å². The molecule has 2 aliphatic heterocycles. The topological polar surface area (TPSA) is 36.4 Å². The molecule has 0 bridgehead atoms. The minimum Gasteiger partial charge on any atom is -0.342 e. The molecule has 1 aromatic rings. The molecule has 0 N–H and O–H groups in total. The highest BCUT2D eigenvalue weighted by molar-refractivity contribution is 5.79. The number of amides is 1. The van der Waals surface area contributed by atoms with Gasteiger partial charge < -0.3 is 4.90 Å². The van der Waals surface area contributed by atoms with Crippen molar-refractivity contribution in [1.82, 2.24) is 14.8 Å². The SMILES string of the molecule is C[C@@H]1CCCN(C(=O)C2CCN(Cc3cccnc3)CC2)C1. The highest BCUT2D eigenvalue weighted by Crippen LogP contribution is 2.24. The Labute approximate surface area is 133 Å². The minimum atomic E-state index is 0.246. The second-order valence-corrected chi connectivity index (χ2v) is 6.94. The van der Waals surface area contributed by atoms with Crippen LogP contribution in [0.25, 0.3) is 0 Å². The minimum absolute atomic E-state index is 0.246. The molecule has 0 saturated carbocycles. The molecule has 0 aliphatic carbocycles. The third kappa shape index (κ3) is 3.86. The number of hydrogen-bond acceptors (Lipinski definition) is 3. The van der Waals surface area contributed by atoms with Crippen molar-refractivity contribution in [2.75, 3.05) is 26.2 Å². The Morgan fingerprint density at radius 2 is 2.09 bits per heavy atom. The molecule has 2 fully saturated rings. The molecule has 0 aromatic carbocycles. The van der Waals surface area contributed by atoms with Crippen LogP contribution < -0.4 is 0 Å². The first kappa shape index (κ1) is 15.5. The summed E-state index contributed by atoms with van der Waals surface area (Å²) in [6.45, 7) is 7.20. The zero-order chi connectivity index (χ0) is 15.4. The van der Waals surface area contributed by atoms with Crippen molar-refractivity contribution in [3.05, 3.63) is 30.1 Å². The van der Waals surface area contributed by atoms with Gasteiger partial charge in [-0.25, -0.2) is 0 Å². The van der Waals surface area contributed by atoms with E-state index in [1.165, 1.54) is 18.4 Å². The van der Waals surface area contributed by atoms with E-state index in [1.54, 1.807) is 0 Å². The summed E-state index contributed by atoms with van der Waals surface area (Å²) in [5.41, 5.74) is 1.26. The van der Waals surface area contributed by atoms with Gasteiger partial charge in [-0.15, -0.1) is 0 Å². The van der Waals surface area contributed by atoms with Gasteiger partial charge in [-0.05, 0) is 56.3 Å². The number of aromatic nitrogens is 1. The van der Waals surface area contributed by atoms with E-state index in [2.05, 4.69) is 27.8 Å². The van der Waals surface area contributed by atoms with Crippen LogP contribution in [0.3, 0.4) is 0 Å². The fourth-order valence-corrected chi connectivity index (χ4v) is 3.74. The second kappa shape index (κ2) is 7.23. The monoisotopic (exact) mass is 301 g/mol. The Morgan fingerprint density at radius 3 is 2.77 bits per heavy atom. The predicted octanol–water partition coefficient (Wildman–Crippen LogP) is 2.55. The Balaban J connectivity index is 1.48. The van der Waals surface area contributed by atoms with Gasteiger partial charge in [-0.1, -0.05) is 13.0 Å². The fourth-order valence-electron chi connectivity index (χ4n) is 3.74. The molecule has 22 heavy (non-hydrogen) atoms. The number of nitrogens with zero attached hydrogens (tertiary/aromatic N) is 3. The summed E-state index contributed by atoms with van der Waals surface area (Å²) in [6, 6.07) is 4.11. The molecule has 3 heterocycles. The van der Waals surface area contributed by atoms with Gasteiger partial charge in [0, 0.05) is 37.9 Å². The molecule has 1 amide bonds. The number of likely N-dealkylation sites (tertiary alicyclic amines) is 2. The number of pyridine rings is 1. The van der Waals surface area contributed by atoms with Crippen LogP contribution in [0.2, 0.25) is 0 Å². The molecular formula is C18H27N3O. The van der Waals surface area contributed by atoms with Crippen molar-refractivity contribution in [3.8, 4) is 0 Å². The first-order chi connectivity index (χ1) is 10.7. The molecule has 4 heteroatoms. The van der Waals surface area contributed by atoms with Crippen LogP contribution in [0, 0.1) is 11.8 Å². The molecule has 0 radical (unpaired) electrons. The van der Waals surface area contributed by atoms with Crippen molar-refractivity contribution in [3.63, 3.8) is 0 Å². The number of carbonyl (C=O) groups is 1. The van der Waals surface area contributed by atoms with E-state index in [4.69, 9.17) is 0 Å². The van der Waals surface area contributed by atoms with Crippen molar-refractivity contribution in [2.24, 2.45) is 11.8 Å². The Bertz CT molecular complexity index is 482. The summed E-state index contributed by atoms with van der Waals surface area (Å²) >= 11 is 0. The van der Waals surface area contributed by atoms with Crippen molar-refractivity contribution in [2.45, 2.75) is 39.2 Å². The Morgan fingerprint density at radius 1 is 1.27 bits per heavy atom. The Kier molecular flexibility index (Phi) is 5.08. The van der Waals surface area contributed by atoms with Crippen molar-refractivity contribution >= 4 is 5.91 Å². The molecule has 3 rings (SSSR count). The maximum atomic E-state index is 12.7. The van der Waals surface area contributed by atoms with E-state index in [1.807, 2.05) is 18.5 Å². The van der Waals surface area contributed by atoms with E-state index < -0.39 is 0 Å². The molecule has 0 spiro atoms. The van der Waals surface area contributed by atoms with E-state index in [0.29, 0.717) is 11.8 Å². The van der Waals surface area contributed by atoms with Gasteiger partial charge in [0.1, 0.15) is 0 Å². The maximum absolute atomic E-state index is 12.7. The first-order valence-corrected chi connectivity index (χ1v) is 8.62. The highest BCUT2D eigenvalue weighted by atomic mass is 16.2. The molecule has 1 aromatic heterocycles. The average Bonchev–Trinajstić information content (AvgIpc) is 2.56. The number of hydrogen-bond donors (Lipinski definition) is 0. The summed E-state index contributed by atoms with van der Waals surface area (Å²) in [4.78, 5) is 21.4. The summed E-state index contributed by atoms with van der Waals surface area (Å²) in [5.74, 6) is 1.33. The molecule has 1 atom stereocenters. The van der Waals surface area contributed by atoms with E-state index in [-0.39, 0.29) is 5.92 Å². The predicted molar refractivity (Wildman–Crippen MR) is 87.2 cm³/mol. The summed E-state index contributed by atoms with van der Waals surface area (Å²) in [5, 5.41) is 0. The van der Waals surface area contributed by atoms with Gasteiger partial charge >= 0.3 is 0 Å². The standard InChI is InChI=1S/C18H27N3O/c1-15-4-3-9-21(13-15)18(22)17-6-10-20(11-7-17)14-16-5-2-8-19-12-16/h2,5,8,12,15,17H,3-4,6-7,9-11,13-14H2,1H3/t15-/m1/s1. The zero-order valence-electron chi connectivity index (χ0n) is 13.6. The van der Waals surface area contributed by atoms with Gasteiger partial charge in [-0.2, -0.15) is 0 Å².